The van der Waals surface area contributed by atoms with Crippen molar-refractivity contribution in [1.29, 1.82) is 0 Å². The molecule has 6 rings (SSSR count). The number of carbonyl (C=O) groups excluding carboxylic acids is 2. The van der Waals surface area contributed by atoms with Crippen molar-refractivity contribution >= 4 is 34.8 Å². The third-order valence-corrected chi connectivity index (χ3v) is 9.54. The molecule has 1 saturated carbocycles. The number of rotatable bonds is 8. The van der Waals surface area contributed by atoms with Crippen LogP contribution in [-0.2, 0) is 13.0 Å². The van der Waals surface area contributed by atoms with Crippen LogP contribution < -0.4 is 21.1 Å². The van der Waals surface area contributed by atoms with Gasteiger partial charge < -0.3 is 26.2 Å². The zero-order valence-corrected chi connectivity index (χ0v) is 25.2. The Hall–Kier alpha value is -4.54. The van der Waals surface area contributed by atoms with Gasteiger partial charge >= 0.3 is 5.97 Å². The van der Waals surface area contributed by atoms with E-state index >= 15 is 0 Å². The molecule has 1 aliphatic carbocycles. The number of pyridine rings is 1. The van der Waals surface area contributed by atoms with Gasteiger partial charge in [0, 0.05) is 51.8 Å². The Morgan fingerprint density at radius 3 is 2.59 bits per heavy atom. The van der Waals surface area contributed by atoms with Gasteiger partial charge in [0.2, 0.25) is 0 Å². The van der Waals surface area contributed by atoms with Crippen LogP contribution in [0.5, 0.6) is 5.75 Å². The highest BCUT2D eigenvalue weighted by atomic mass is 32.1. The molecule has 2 amide bonds. The second-order valence-corrected chi connectivity index (χ2v) is 12.1. The number of nitrogens with two attached hydrogens (primary N) is 1. The zero-order valence-electron chi connectivity index (χ0n) is 24.4. The first-order valence-corrected chi connectivity index (χ1v) is 15.8. The van der Waals surface area contributed by atoms with Crippen LogP contribution in [0.15, 0.2) is 60.0 Å². The lowest BCUT2D eigenvalue weighted by Gasteiger charge is -2.20. The van der Waals surface area contributed by atoms with E-state index in [0.29, 0.717) is 42.5 Å². The number of amides is 2. The quantitative estimate of drug-likeness (QED) is 0.188. The summed E-state index contributed by atoms with van der Waals surface area (Å²) >= 11 is 1.56. The fourth-order valence-corrected chi connectivity index (χ4v) is 7.15. The highest BCUT2D eigenvalue weighted by Gasteiger charge is 2.29. The van der Waals surface area contributed by atoms with E-state index in [1.165, 1.54) is 6.07 Å². The normalized spacial score (nSPS) is 17.1. The summed E-state index contributed by atoms with van der Waals surface area (Å²) in [6.45, 7) is 2.93. The third kappa shape index (κ3) is 5.82. The van der Waals surface area contributed by atoms with Gasteiger partial charge in [0.25, 0.3) is 11.8 Å². The Bertz CT molecular complexity index is 1730. The van der Waals surface area contributed by atoms with Gasteiger partial charge in [-0.25, -0.2) is 9.78 Å². The highest BCUT2D eigenvalue weighted by Crippen LogP contribution is 2.43. The predicted molar refractivity (Wildman–Crippen MR) is 170 cm³/mol. The number of aromatic nitrogens is 1. The predicted octanol–water partition coefficient (Wildman–Crippen LogP) is 6.13. The summed E-state index contributed by atoms with van der Waals surface area (Å²) in [4.78, 5) is 45.0. The van der Waals surface area contributed by atoms with E-state index in [2.05, 4.69) is 28.6 Å². The van der Waals surface area contributed by atoms with Crippen LogP contribution in [0.1, 0.15) is 75.1 Å². The first-order chi connectivity index (χ1) is 21.4. The minimum absolute atomic E-state index is 0.0214. The van der Waals surface area contributed by atoms with Crippen molar-refractivity contribution in [3.05, 3.63) is 88.1 Å². The van der Waals surface area contributed by atoms with Gasteiger partial charge in [0.15, 0.2) is 5.69 Å². The van der Waals surface area contributed by atoms with Crippen LogP contribution in [0.3, 0.4) is 0 Å². The Morgan fingerprint density at radius 2 is 1.84 bits per heavy atom. The number of carbonyl (C=O) groups is 3. The lowest BCUT2D eigenvalue weighted by atomic mass is 9.93. The van der Waals surface area contributed by atoms with Crippen molar-refractivity contribution in [2.45, 2.75) is 51.6 Å². The monoisotopic (exact) mass is 610 g/mol. The number of carboxylic acids is 1. The van der Waals surface area contributed by atoms with Crippen molar-refractivity contribution in [3.63, 3.8) is 0 Å². The van der Waals surface area contributed by atoms with E-state index < -0.39 is 17.8 Å². The topological polar surface area (TPSA) is 144 Å². The summed E-state index contributed by atoms with van der Waals surface area (Å²) in [6, 6.07) is 15.9. The molecule has 2 aliphatic rings. The van der Waals surface area contributed by atoms with Crippen LogP contribution >= 0.6 is 11.3 Å². The molecule has 2 aromatic heterocycles. The molecule has 0 saturated heterocycles. The molecule has 226 valence electrons. The second-order valence-electron chi connectivity index (χ2n) is 11.2. The van der Waals surface area contributed by atoms with Gasteiger partial charge in [-0.2, -0.15) is 0 Å². The number of benzene rings is 2. The molecule has 44 heavy (non-hydrogen) atoms. The number of nitrogens with zero attached hydrogens (tertiary/aromatic N) is 1. The lowest BCUT2D eigenvalue weighted by molar-refractivity contribution is 0.0691. The molecule has 2 atom stereocenters. The van der Waals surface area contributed by atoms with Crippen LogP contribution in [0.2, 0.25) is 0 Å². The summed E-state index contributed by atoms with van der Waals surface area (Å²) in [7, 11) is 0. The van der Waals surface area contributed by atoms with Crippen molar-refractivity contribution in [2.24, 2.45) is 11.7 Å². The maximum absolute atomic E-state index is 13.9. The van der Waals surface area contributed by atoms with Gasteiger partial charge in [-0.15, -0.1) is 11.3 Å². The van der Waals surface area contributed by atoms with E-state index in [0.717, 1.165) is 47.3 Å². The summed E-state index contributed by atoms with van der Waals surface area (Å²) in [5, 5.41) is 18.3. The molecule has 3 heterocycles. The van der Waals surface area contributed by atoms with Gasteiger partial charge in [0.05, 0.1) is 6.61 Å². The summed E-state index contributed by atoms with van der Waals surface area (Å²) in [6.07, 6.45) is 4.67. The molecule has 9 nitrogen and oxygen atoms in total. The van der Waals surface area contributed by atoms with Crippen LogP contribution in [0.25, 0.3) is 21.6 Å². The molecule has 1 aliphatic heterocycles. The Kier molecular flexibility index (Phi) is 8.45. The van der Waals surface area contributed by atoms with Gasteiger partial charge in [-0.3, -0.25) is 9.59 Å². The van der Waals surface area contributed by atoms with E-state index in [4.69, 9.17) is 10.5 Å². The molecule has 0 bridgehead atoms. The van der Waals surface area contributed by atoms with Crippen LogP contribution in [-0.4, -0.2) is 40.5 Å². The largest absolute Gasteiger partial charge is 0.493 e. The molecular formula is C34H34N4O5S. The van der Waals surface area contributed by atoms with Crippen molar-refractivity contribution in [3.8, 4) is 27.3 Å². The molecule has 1 fully saturated rings. The first-order valence-electron chi connectivity index (χ1n) is 14.9. The summed E-state index contributed by atoms with van der Waals surface area (Å²) in [5.74, 6) is -1.18. The number of carboxylic acid groups (broad SMARTS) is 1. The molecule has 2 aromatic carbocycles. The molecule has 2 unspecified atom stereocenters. The van der Waals surface area contributed by atoms with Crippen molar-refractivity contribution in [1.82, 2.24) is 10.3 Å². The number of hydrogen-bond acceptors (Lipinski definition) is 7. The number of aromatic carboxylic acids is 1. The van der Waals surface area contributed by atoms with Gasteiger partial charge in [-0.1, -0.05) is 31.9 Å². The number of ether oxygens (including phenoxy) is 1. The Labute approximate surface area is 259 Å². The molecule has 0 radical (unpaired) electrons. The molecular weight excluding hydrogens is 576 g/mol. The number of anilines is 1. The Balaban J connectivity index is 1.43. The maximum atomic E-state index is 13.9. The first kappa shape index (κ1) is 29.5. The maximum Gasteiger partial charge on any atom is 0.355 e. The minimum Gasteiger partial charge on any atom is -0.493 e. The molecule has 5 N–H and O–H groups in total. The van der Waals surface area contributed by atoms with E-state index in [1.54, 1.807) is 41.7 Å². The smallest absolute Gasteiger partial charge is 0.355 e. The number of nitrogens with one attached hydrogen (secondary N) is 2. The number of fused-ring (bicyclic) bond motifs is 3. The summed E-state index contributed by atoms with van der Waals surface area (Å²) in [5.41, 5.74) is 9.64. The summed E-state index contributed by atoms with van der Waals surface area (Å²) < 4.78 is 6.12. The SMILES string of the molecule is CCC1CCCC1NC(=O)c1ccc(-c2cc3c(cc2C(=O)Nc2ccc(CN)cc2)-c2sccc2CCO3)c(C(=O)O)n1. The van der Waals surface area contributed by atoms with E-state index in [-0.39, 0.29) is 28.6 Å². The average Bonchev–Trinajstić information content (AvgIpc) is 3.66. The molecule has 0 spiro atoms. The highest BCUT2D eigenvalue weighted by molar-refractivity contribution is 7.13. The standard InChI is InChI=1S/C34H34N4O5S/c1-2-20-4-3-5-27(20)38-33(40)28-11-10-23(30(37-28)34(41)42)24-17-29-26(31-21(12-14-43-29)13-15-44-31)16-25(24)32(39)36-22-8-6-19(18-35)7-9-22/h6-11,13,15-17,20,27H,2-5,12,14,18,35H2,1H3,(H,36,39)(H,38,40)(H,41,42). The average molecular weight is 611 g/mol. The minimum atomic E-state index is -1.30. The van der Waals surface area contributed by atoms with Gasteiger partial charge in [0.1, 0.15) is 11.4 Å². The van der Waals surface area contributed by atoms with Crippen LogP contribution in [0, 0.1) is 5.92 Å². The van der Waals surface area contributed by atoms with E-state index in [1.807, 2.05) is 17.5 Å². The fourth-order valence-electron chi connectivity index (χ4n) is 6.17. The van der Waals surface area contributed by atoms with Crippen LogP contribution in [0.4, 0.5) is 5.69 Å². The number of hydrogen-bond donors (Lipinski definition) is 4. The zero-order chi connectivity index (χ0) is 30.8. The third-order valence-electron chi connectivity index (χ3n) is 8.55. The lowest BCUT2D eigenvalue weighted by Crippen LogP contribution is -2.37. The van der Waals surface area contributed by atoms with Crippen molar-refractivity contribution < 1.29 is 24.2 Å². The fraction of sp³-hybridized carbons (Fsp3) is 0.294. The molecule has 10 heteroatoms. The van der Waals surface area contributed by atoms with Gasteiger partial charge in [-0.05, 0) is 77.7 Å². The molecule has 4 aromatic rings. The Morgan fingerprint density at radius 1 is 1.02 bits per heavy atom. The second kappa shape index (κ2) is 12.6. The van der Waals surface area contributed by atoms with Crippen molar-refractivity contribution in [2.75, 3.05) is 11.9 Å². The number of thiophene rings is 1. The van der Waals surface area contributed by atoms with E-state index in [9.17, 15) is 19.5 Å².